The molecule has 0 radical (unpaired) electrons. The molecule has 1 aromatic carbocycles. The molecule has 162 valence electrons. The average molecular weight is 412 g/mol. The maximum atomic E-state index is 11.7. The lowest BCUT2D eigenvalue weighted by molar-refractivity contribution is 0.368. The SMILES string of the molecule is CCCCCCCCCCCCC(CC[N+](C)(C)c1ccccc1)S(=O)(=O)[O-]. The Hall–Kier alpha value is -0.910. The first kappa shape index (κ1) is 25.1. The van der Waals surface area contributed by atoms with Crippen LogP contribution in [0.1, 0.15) is 84.0 Å². The topological polar surface area (TPSA) is 57.2 Å². The summed E-state index contributed by atoms with van der Waals surface area (Å²) in [4.78, 5) is 0. The highest BCUT2D eigenvalue weighted by molar-refractivity contribution is 7.86. The van der Waals surface area contributed by atoms with Crippen LogP contribution in [0.4, 0.5) is 5.69 Å². The molecule has 28 heavy (non-hydrogen) atoms. The fourth-order valence-electron chi connectivity index (χ4n) is 3.72. The first-order chi connectivity index (χ1) is 13.3. The van der Waals surface area contributed by atoms with Crippen molar-refractivity contribution in [2.45, 2.75) is 89.2 Å². The predicted octanol–water partition coefficient (Wildman–Crippen LogP) is 5.87. The van der Waals surface area contributed by atoms with Crippen LogP contribution in [-0.2, 0) is 10.1 Å². The number of unbranched alkanes of at least 4 members (excludes halogenated alkanes) is 9. The van der Waals surface area contributed by atoms with Crippen molar-refractivity contribution in [3.63, 3.8) is 0 Å². The molecular weight excluding hydrogens is 370 g/mol. The van der Waals surface area contributed by atoms with Gasteiger partial charge < -0.3 is 4.55 Å². The maximum Gasteiger partial charge on any atom is 0.132 e. The van der Waals surface area contributed by atoms with Crippen molar-refractivity contribution in [3.05, 3.63) is 30.3 Å². The van der Waals surface area contributed by atoms with Gasteiger partial charge in [0, 0.05) is 6.42 Å². The van der Waals surface area contributed by atoms with E-state index in [4.69, 9.17) is 0 Å². The van der Waals surface area contributed by atoms with Crippen LogP contribution >= 0.6 is 0 Å². The summed E-state index contributed by atoms with van der Waals surface area (Å²) in [5.74, 6) is 0. The van der Waals surface area contributed by atoms with Crippen molar-refractivity contribution in [2.75, 3.05) is 20.6 Å². The zero-order chi connectivity index (χ0) is 20.9. The lowest BCUT2D eigenvalue weighted by Gasteiger charge is -2.31. The molecule has 5 heteroatoms. The van der Waals surface area contributed by atoms with Gasteiger partial charge >= 0.3 is 0 Å². The molecule has 0 amide bonds. The molecule has 0 N–H and O–H groups in total. The first-order valence-electron chi connectivity index (χ1n) is 11.1. The standard InChI is InChI=1S/C23H41NO3S/c1-4-5-6-7-8-9-10-11-12-16-19-23(28(25,26)27)20-21-24(2,3)22-17-14-13-15-18-22/h13-15,17-18,23H,4-12,16,19-21H2,1-3H3. The van der Waals surface area contributed by atoms with Gasteiger partial charge in [-0.05, 0) is 18.6 Å². The molecule has 0 saturated carbocycles. The minimum Gasteiger partial charge on any atom is -0.748 e. The van der Waals surface area contributed by atoms with Crippen LogP contribution in [0.15, 0.2) is 30.3 Å². The molecule has 0 heterocycles. The summed E-state index contributed by atoms with van der Waals surface area (Å²) in [5.41, 5.74) is 1.13. The molecule has 0 aliphatic carbocycles. The monoisotopic (exact) mass is 411 g/mol. The summed E-state index contributed by atoms with van der Waals surface area (Å²) in [6, 6.07) is 10.0. The second-order valence-corrected chi connectivity index (χ2v) is 10.3. The largest absolute Gasteiger partial charge is 0.748 e. The number of rotatable bonds is 16. The summed E-state index contributed by atoms with van der Waals surface area (Å²) in [6.07, 6.45) is 13.0. The van der Waals surface area contributed by atoms with E-state index < -0.39 is 15.4 Å². The highest BCUT2D eigenvalue weighted by Crippen LogP contribution is 2.22. The molecule has 0 fully saturated rings. The lowest BCUT2D eigenvalue weighted by Crippen LogP contribution is -2.43. The van der Waals surface area contributed by atoms with Crippen molar-refractivity contribution in [1.82, 2.24) is 4.48 Å². The second-order valence-electron chi connectivity index (χ2n) is 8.62. The van der Waals surface area contributed by atoms with Gasteiger partial charge in [-0.1, -0.05) is 89.3 Å². The average Bonchev–Trinajstić information content (AvgIpc) is 2.65. The van der Waals surface area contributed by atoms with Gasteiger partial charge in [0.25, 0.3) is 0 Å². The van der Waals surface area contributed by atoms with Gasteiger partial charge in [-0.15, -0.1) is 0 Å². The van der Waals surface area contributed by atoms with Crippen LogP contribution < -0.4 is 4.48 Å². The highest BCUT2D eigenvalue weighted by Gasteiger charge is 2.24. The Bertz CT molecular complexity index is 614. The predicted molar refractivity (Wildman–Crippen MR) is 120 cm³/mol. The molecule has 0 saturated heterocycles. The van der Waals surface area contributed by atoms with Crippen LogP contribution in [0, 0.1) is 0 Å². The quantitative estimate of drug-likeness (QED) is 0.194. The van der Waals surface area contributed by atoms with Gasteiger partial charge in [-0.25, -0.2) is 8.42 Å². The molecule has 4 nitrogen and oxygen atoms in total. The van der Waals surface area contributed by atoms with E-state index in [2.05, 4.69) is 21.0 Å². The van der Waals surface area contributed by atoms with Crippen molar-refractivity contribution < 1.29 is 13.0 Å². The molecule has 1 aromatic rings. The van der Waals surface area contributed by atoms with Gasteiger partial charge in [0.1, 0.15) is 5.69 Å². The minimum absolute atomic E-state index is 0.422. The number of quaternary nitrogens is 1. The van der Waals surface area contributed by atoms with E-state index in [1.54, 1.807) is 0 Å². The molecule has 1 atom stereocenters. The fraction of sp³-hybridized carbons (Fsp3) is 0.739. The van der Waals surface area contributed by atoms with Crippen LogP contribution in [0.3, 0.4) is 0 Å². The van der Waals surface area contributed by atoms with Crippen LogP contribution in [0.5, 0.6) is 0 Å². The van der Waals surface area contributed by atoms with E-state index in [-0.39, 0.29) is 0 Å². The van der Waals surface area contributed by atoms with Gasteiger partial charge in [-0.3, -0.25) is 4.48 Å². The van der Waals surface area contributed by atoms with Crippen molar-refractivity contribution >= 4 is 15.8 Å². The molecule has 1 rings (SSSR count). The summed E-state index contributed by atoms with van der Waals surface area (Å²) in [5, 5.41) is -0.761. The number of para-hydroxylation sites is 1. The maximum absolute atomic E-state index is 11.7. The number of hydrogen-bond donors (Lipinski definition) is 0. The number of nitrogens with zero attached hydrogens (tertiary/aromatic N) is 1. The number of benzene rings is 1. The van der Waals surface area contributed by atoms with Gasteiger partial charge in [-0.2, -0.15) is 0 Å². The first-order valence-corrected chi connectivity index (χ1v) is 12.6. The highest BCUT2D eigenvalue weighted by atomic mass is 32.2. The summed E-state index contributed by atoms with van der Waals surface area (Å²) >= 11 is 0. The minimum atomic E-state index is -4.24. The summed E-state index contributed by atoms with van der Waals surface area (Å²) in [7, 11) is -0.120. The second kappa shape index (κ2) is 13.3. The Balaban J connectivity index is 2.31. The third-order valence-corrected chi connectivity index (χ3v) is 7.04. The van der Waals surface area contributed by atoms with E-state index in [9.17, 15) is 13.0 Å². The van der Waals surface area contributed by atoms with Gasteiger partial charge in [0.15, 0.2) is 0 Å². The third kappa shape index (κ3) is 10.6. The Morgan fingerprint density at radius 2 is 1.32 bits per heavy atom. The lowest BCUT2D eigenvalue weighted by atomic mass is 10.0. The zero-order valence-electron chi connectivity index (χ0n) is 18.2. The Morgan fingerprint density at radius 3 is 1.82 bits per heavy atom. The van der Waals surface area contributed by atoms with E-state index in [0.29, 0.717) is 23.9 Å². The Labute approximate surface area is 173 Å². The molecule has 0 aromatic heterocycles. The fourth-order valence-corrected chi connectivity index (χ4v) is 4.57. The van der Waals surface area contributed by atoms with E-state index in [1.165, 1.54) is 44.9 Å². The Kier molecular flexibility index (Phi) is 12.0. The van der Waals surface area contributed by atoms with Gasteiger partial charge in [0.2, 0.25) is 0 Å². The van der Waals surface area contributed by atoms with Crippen LogP contribution in [-0.4, -0.2) is 38.9 Å². The van der Waals surface area contributed by atoms with Crippen molar-refractivity contribution in [2.24, 2.45) is 0 Å². The van der Waals surface area contributed by atoms with E-state index in [1.807, 2.05) is 30.3 Å². The van der Waals surface area contributed by atoms with Gasteiger partial charge in [0.05, 0.1) is 36.0 Å². The molecular formula is C23H41NO3S. The normalized spacial score (nSPS) is 13.6. The summed E-state index contributed by atoms with van der Waals surface area (Å²) < 4.78 is 35.7. The molecule has 0 aliphatic rings. The number of hydrogen-bond acceptors (Lipinski definition) is 3. The van der Waals surface area contributed by atoms with Crippen LogP contribution in [0.2, 0.25) is 0 Å². The smallest absolute Gasteiger partial charge is 0.132 e. The third-order valence-electron chi connectivity index (χ3n) is 5.75. The Morgan fingerprint density at radius 1 is 0.821 bits per heavy atom. The molecule has 0 aliphatic heterocycles. The van der Waals surface area contributed by atoms with E-state index >= 15 is 0 Å². The zero-order valence-corrected chi connectivity index (χ0v) is 19.1. The van der Waals surface area contributed by atoms with Crippen LogP contribution in [0.25, 0.3) is 0 Å². The molecule has 0 bridgehead atoms. The summed E-state index contributed by atoms with van der Waals surface area (Å²) in [6.45, 7) is 2.88. The molecule has 1 unspecified atom stereocenters. The molecule has 0 spiro atoms. The van der Waals surface area contributed by atoms with Crippen molar-refractivity contribution in [3.8, 4) is 0 Å². The van der Waals surface area contributed by atoms with Crippen molar-refractivity contribution in [1.29, 1.82) is 0 Å². The van der Waals surface area contributed by atoms with E-state index in [0.717, 1.165) is 24.9 Å².